The molecule has 0 aromatic carbocycles. The molecule has 0 unspecified atom stereocenters. The summed E-state index contributed by atoms with van der Waals surface area (Å²) in [7, 11) is 0. The Morgan fingerprint density at radius 3 is 0.520 bits per heavy atom. The molecule has 121 valence electrons. The quantitative estimate of drug-likeness (QED) is 0.616. The van der Waals surface area contributed by atoms with E-state index in [1.54, 1.807) is 48.6 Å². The maximum Gasteiger partial charge on any atom is 0.156 e. The van der Waals surface area contributed by atoms with Crippen molar-refractivity contribution in [2.75, 3.05) is 0 Å². The molecule has 9 heteroatoms. The summed E-state index contributed by atoms with van der Waals surface area (Å²) in [5.74, 6) is 4.30. The molecule has 0 spiro atoms. The largest absolute Gasteiger partial charge is 0.209 e. The first-order valence-corrected chi connectivity index (χ1v) is 7.22. The summed E-state index contributed by atoms with van der Waals surface area (Å²) < 4.78 is 0. The Kier molecular flexibility index (Phi) is 3.71. The number of hydrogen-bond acceptors (Lipinski definition) is 8. The Labute approximate surface area is 152 Å². The molecule has 5 aliphatic rings. The van der Waals surface area contributed by atoms with Gasteiger partial charge in [-0.25, -0.2) is 39.9 Å². The molecule has 0 aromatic heterocycles. The van der Waals surface area contributed by atoms with Crippen LogP contribution in [-0.2, 0) is 16.8 Å². The van der Waals surface area contributed by atoms with Gasteiger partial charge in [-0.3, -0.25) is 0 Å². The van der Waals surface area contributed by atoms with Crippen molar-refractivity contribution in [3.05, 3.63) is 48.6 Å². The fourth-order valence-corrected chi connectivity index (χ4v) is 2.33. The van der Waals surface area contributed by atoms with Gasteiger partial charge >= 0.3 is 0 Å². The third-order valence-corrected chi connectivity index (χ3v) is 3.36. The summed E-state index contributed by atoms with van der Waals surface area (Å²) >= 11 is 0. The van der Waals surface area contributed by atoms with E-state index in [9.17, 15) is 0 Å². The van der Waals surface area contributed by atoms with Crippen molar-refractivity contribution < 1.29 is 16.8 Å². The predicted molar refractivity (Wildman–Crippen MR) is 96.0 cm³/mol. The summed E-state index contributed by atoms with van der Waals surface area (Å²) in [5, 5.41) is 0. The Morgan fingerprint density at radius 2 is 0.400 bits per heavy atom. The van der Waals surface area contributed by atoms with Crippen LogP contribution in [0.1, 0.15) is 0 Å². The minimum absolute atomic E-state index is 0. The molecule has 0 amide bonds. The number of rotatable bonds is 0. The van der Waals surface area contributed by atoms with Crippen LogP contribution in [0.25, 0.3) is 0 Å². The average molecular weight is 371 g/mol. The molecule has 0 atom stereocenters. The molecule has 25 heavy (non-hydrogen) atoms. The minimum Gasteiger partial charge on any atom is -0.209 e. The molecule has 0 aliphatic carbocycles. The standard InChI is InChI=1S/C16H8N8.Co/c1-2-10-17-9(1)21-11-3-4-13(18-11)23-15-7-8-16(20-15)24-14-6-5-12(19-14)22-10;/h1-8H;. The van der Waals surface area contributed by atoms with E-state index in [1.807, 2.05) is 0 Å². The van der Waals surface area contributed by atoms with Crippen LogP contribution in [0.5, 0.6) is 0 Å². The molecule has 0 aromatic rings. The molecule has 5 aliphatic heterocycles. The van der Waals surface area contributed by atoms with Crippen LogP contribution in [0.4, 0.5) is 0 Å². The van der Waals surface area contributed by atoms with E-state index in [0.29, 0.717) is 46.7 Å². The zero-order valence-electron chi connectivity index (χ0n) is 12.5. The van der Waals surface area contributed by atoms with Crippen LogP contribution < -0.4 is 0 Å². The topological polar surface area (TPSA) is 98.9 Å². The van der Waals surface area contributed by atoms with E-state index in [0.717, 1.165) is 0 Å². The summed E-state index contributed by atoms with van der Waals surface area (Å²) in [4.78, 5) is 34.8. The Hall–Kier alpha value is -3.17. The van der Waals surface area contributed by atoms with Crippen LogP contribution in [0.2, 0.25) is 0 Å². The second-order valence-electron chi connectivity index (χ2n) is 5.09. The van der Waals surface area contributed by atoms with Crippen molar-refractivity contribution in [3.63, 3.8) is 0 Å². The van der Waals surface area contributed by atoms with Crippen LogP contribution in [0.3, 0.4) is 0 Å². The fraction of sp³-hybridized carbons (Fsp3) is 0. The van der Waals surface area contributed by atoms with E-state index in [2.05, 4.69) is 39.9 Å². The second kappa shape index (κ2) is 6.04. The van der Waals surface area contributed by atoms with Gasteiger partial charge in [0.15, 0.2) is 46.7 Å². The smallest absolute Gasteiger partial charge is 0.156 e. The number of fused-ring (bicyclic) bond motifs is 4. The van der Waals surface area contributed by atoms with Crippen LogP contribution in [-0.4, -0.2) is 46.7 Å². The van der Waals surface area contributed by atoms with Gasteiger partial charge in [0, 0.05) is 16.8 Å². The molecule has 8 nitrogen and oxygen atoms in total. The summed E-state index contributed by atoms with van der Waals surface area (Å²) in [6.45, 7) is 0. The van der Waals surface area contributed by atoms with Gasteiger partial charge in [-0.05, 0) is 48.6 Å². The van der Waals surface area contributed by atoms with Crippen molar-refractivity contribution in [1.29, 1.82) is 0 Å². The van der Waals surface area contributed by atoms with E-state index in [1.165, 1.54) is 0 Å². The van der Waals surface area contributed by atoms with Crippen LogP contribution >= 0.6 is 0 Å². The zero-order chi connectivity index (χ0) is 15.9. The molecule has 0 fully saturated rings. The fourth-order valence-electron chi connectivity index (χ4n) is 2.33. The molecule has 0 saturated carbocycles. The van der Waals surface area contributed by atoms with Gasteiger partial charge in [-0.1, -0.05) is 0 Å². The van der Waals surface area contributed by atoms with Gasteiger partial charge in [-0.15, -0.1) is 0 Å². The van der Waals surface area contributed by atoms with E-state index in [-0.39, 0.29) is 16.8 Å². The van der Waals surface area contributed by atoms with Gasteiger partial charge in [0.05, 0.1) is 0 Å². The summed E-state index contributed by atoms with van der Waals surface area (Å²) in [5.41, 5.74) is 0. The number of hydrogen-bond donors (Lipinski definition) is 0. The second-order valence-corrected chi connectivity index (χ2v) is 5.09. The van der Waals surface area contributed by atoms with E-state index in [4.69, 9.17) is 0 Å². The van der Waals surface area contributed by atoms with Crippen LogP contribution in [0, 0.1) is 0 Å². The van der Waals surface area contributed by atoms with Crippen molar-refractivity contribution in [2.24, 2.45) is 39.9 Å². The number of amidine groups is 8. The van der Waals surface area contributed by atoms with E-state index < -0.39 is 0 Å². The molecule has 8 bridgehead atoms. The third kappa shape index (κ3) is 3.10. The first-order chi connectivity index (χ1) is 11.8. The summed E-state index contributed by atoms with van der Waals surface area (Å²) in [6.07, 6.45) is 14.2. The normalized spacial score (nSPS) is 21.8. The first-order valence-electron chi connectivity index (χ1n) is 7.22. The molecule has 5 rings (SSSR count). The first kappa shape index (κ1) is 15.4. The minimum atomic E-state index is 0. The van der Waals surface area contributed by atoms with Gasteiger partial charge < -0.3 is 0 Å². The van der Waals surface area contributed by atoms with Gasteiger partial charge in [-0.2, -0.15) is 0 Å². The van der Waals surface area contributed by atoms with Gasteiger partial charge in [0.1, 0.15) is 0 Å². The monoisotopic (exact) mass is 371 g/mol. The predicted octanol–water partition coefficient (Wildman–Crippen LogP) is 1.46. The number of nitrogens with zero attached hydrogens (tertiary/aromatic N) is 8. The number of aliphatic imine (C=N–C) groups is 8. The van der Waals surface area contributed by atoms with Crippen molar-refractivity contribution in [1.82, 2.24) is 0 Å². The molecule has 0 saturated heterocycles. The maximum atomic E-state index is 4.37. The molecule has 1 radical (unpaired) electrons. The van der Waals surface area contributed by atoms with Crippen molar-refractivity contribution in [2.45, 2.75) is 0 Å². The average Bonchev–Trinajstić information content (AvgIpc) is 3.32. The molecular weight excluding hydrogens is 363 g/mol. The third-order valence-electron chi connectivity index (χ3n) is 3.36. The van der Waals surface area contributed by atoms with Gasteiger partial charge in [0.2, 0.25) is 0 Å². The van der Waals surface area contributed by atoms with Crippen molar-refractivity contribution >= 4 is 46.7 Å². The molecule has 5 heterocycles. The van der Waals surface area contributed by atoms with E-state index >= 15 is 0 Å². The maximum absolute atomic E-state index is 4.37. The van der Waals surface area contributed by atoms with Gasteiger partial charge in [0.25, 0.3) is 0 Å². The summed E-state index contributed by atoms with van der Waals surface area (Å²) in [6, 6.07) is 0. The Morgan fingerprint density at radius 1 is 0.280 bits per heavy atom. The Balaban J connectivity index is 0.00000157. The van der Waals surface area contributed by atoms with Crippen molar-refractivity contribution in [3.8, 4) is 0 Å². The SMILES string of the molecule is C1=CC2=NC3=NC(=NC4=NC(=NC5=NC(=NC1=N2)C=C5)C=C4)C=C3.[Co]. The zero-order valence-corrected chi connectivity index (χ0v) is 13.6. The molecular formula is C16H8CoN8. The molecule has 0 N–H and O–H groups in total. The van der Waals surface area contributed by atoms with Crippen LogP contribution in [0.15, 0.2) is 88.5 Å². The Bertz CT molecular complexity index is 854.